The Bertz CT molecular complexity index is 628. The van der Waals surface area contributed by atoms with Crippen molar-refractivity contribution in [3.8, 4) is 5.75 Å². The zero-order chi connectivity index (χ0) is 19.9. The number of rotatable bonds is 6. The Hall–Kier alpha value is -1.51. The number of halogens is 1. The second-order valence-corrected chi connectivity index (χ2v) is 9.06. The Balaban J connectivity index is 1.66. The Kier molecular flexibility index (Phi) is 8.19. The number of hydrogen-bond donors (Lipinski definition) is 1. The molecule has 1 aliphatic rings. The fraction of sp³-hybridized carbons (Fsp3) is 0.600. The standard InChI is InChI=1S/C20H29IN2O4/c1-20(2,3)27-19(25)23-12-4-5-15(13-23)10-11-22-18(24)14-26-17-8-6-16(21)7-9-17/h6-9,15H,4-5,10-14H2,1-3H3,(H,22,24). The normalized spacial score (nSPS) is 17.3. The van der Waals surface area contributed by atoms with Crippen molar-refractivity contribution in [2.45, 2.75) is 45.6 Å². The molecule has 1 aromatic carbocycles. The van der Waals surface area contributed by atoms with Crippen molar-refractivity contribution in [3.05, 3.63) is 27.8 Å². The molecule has 1 atom stereocenters. The minimum Gasteiger partial charge on any atom is -0.484 e. The van der Waals surface area contributed by atoms with Gasteiger partial charge >= 0.3 is 6.09 Å². The molecule has 0 bridgehead atoms. The first-order valence-electron chi connectivity index (χ1n) is 9.36. The van der Waals surface area contributed by atoms with Crippen LogP contribution in [0.25, 0.3) is 0 Å². The third kappa shape index (κ3) is 8.36. The van der Waals surface area contributed by atoms with E-state index in [0.29, 0.717) is 24.8 Å². The average molecular weight is 488 g/mol. The van der Waals surface area contributed by atoms with Crippen LogP contribution in [0.3, 0.4) is 0 Å². The zero-order valence-electron chi connectivity index (χ0n) is 16.3. The lowest BCUT2D eigenvalue weighted by Crippen LogP contribution is -2.43. The van der Waals surface area contributed by atoms with E-state index in [9.17, 15) is 9.59 Å². The monoisotopic (exact) mass is 488 g/mol. The summed E-state index contributed by atoms with van der Waals surface area (Å²) in [5.41, 5.74) is -0.477. The maximum atomic E-state index is 12.2. The number of hydrogen-bond acceptors (Lipinski definition) is 4. The molecule has 1 aromatic rings. The van der Waals surface area contributed by atoms with Gasteiger partial charge in [-0.15, -0.1) is 0 Å². The van der Waals surface area contributed by atoms with E-state index in [4.69, 9.17) is 9.47 Å². The molecule has 27 heavy (non-hydrogen) atoms. The number of benzene rings is 1. The Morgan fingerprint density at radius 1 is 1.26 bits per heavy atom. The second-order valence-electron chi connectivity index (χ2n) is 7.82. The van der Waals surface area contributed by atoms with E-state index < -0.39 is 5.60 Å². The zero-order valence-corrected chi connectivity index (χ0v) is 18.5. The predicted molar refractivity (Wildman–Crippen MR) is 113 cm³/mol. The lowest BCUT2D eigenvalue weighted by atomic mass is 9.95. The number of nitrogens with one attached hydrogen (secondary N) is 1. The maximum Gasteiger partial charge on any atom is 0.410 e. The first-order valence-corrected chi connectivity index (χ1v) is 10.4. The maximum absolute atomic E-state index is 12.2. The van der Waals surface area contributed by atoms with E-state index in [1.54, 1.807) is 4.90 Å². The number of nitrogens with zero attached hydrogens (tertiary/aromatic N) is 1. The van der Waals surface area contributed by atoms with E-state index in [0.717, 1.165) is 29.4 Å². The van der Waals surface area contributed by atoms with Crippen LogP contribution < -0.4 is 10.1 Å². The van der Waals surface area contributed by atoms with Gasteiger partial charge in [0.2, 0.25) is 0 Å². The highest BCUT2D eigenvalue weighted by Crippen LogP contribution is 2.21. The van der Waals surface area contributed by atoms with Crippen LogP contribution in [0.2, 0.25) is 0 Å². The molecule has 150 valence electrons. The predicted octanol–water partition coefficient (Wildman–Crippen LogP) is 3.82. The van der Waals surface area contributed by atoms with Gasteiger partial charge < -0.3 is 19.7 Å². The minimum absolute atomic E-state index is 0.00922. The fourth-order valence-electron chi connectivity index (χ4n) is 2.94. The van der Waals surface area contributed by atoms with E-state index in [2.05, 4.69) is 27.9 Å². The molecule has 1 aliphatic heterocycles. The van der Waals surface area contributed by atoms with Crippen molar-refractivity contribution in [1.82, 2.24) is 10.2 Å². The lowest BCUT2D eigenvalue weighted by molar-refractivity contribution is -0.123. The molecule has 7 heteroatoms. The van der Waals surface area contributed by atoms with E-state index >= 15 is 0 Å². The summed E-state index contributed by atoms with van der Waals surface area (Å²) in [5.74, 6) is 0.933. The molecular weight excluding hydrogens is 459 g/mol. The third-order valence-electron chi connectivity index (χ3n) is 4.23. The summed E-state index contributed by atoms with van der Waals surface area (Å²) in [5, 5.41) is 2.89. The molecule has 1 unspecified atom stereocenters. The highest BCUT2D eigenvalue weighted by Gasteiger charge is 2.27. The summed E-state index contributed by atoms with van der Waals surface area (Å²) in [7, 11) is 0. The lowest BCUT2D eigenvalue weighted by Gasteiger charge is -2.34. The van der Waals surface area contributed by atoms with Crippen molar-refractivity contribution in [2.24, 2.45) is 5.92 Å². The molecule has 0 aliphatic carbocycles. The summed E-state index contributed by atoms with van der Waals surface area (Å²) in [4.78, 5) is 25.9. The van der Waals surface area contributed by atoms with Crippen molar-refractivity contribution in [1.29, 1.82) is 0 Å². The van der Waals surface area contributed by atoms with Gasteiger partial charge in [0, 0.05) is 23.2 Å². The van der Waals surface area contributed by atoms with Crippen LogP contribution in [-0.4, -0.2) is 48.7 Å². The van der Waals surface area contributed by atoms with Gasteiger partial charge in [-0.2, -0.15) is 0 Å². The summed E-state index contributed by atoms with van der Waals surface area (Å²) in [6.45, 7) is 7.64. The van der Waals surface area contributed by atoms with Crippen molar-refractivity contribution in [3.63, 3.8) is 0 Å². The number of ether oxygens (including phenoxy) is 2. The smallest absolute Gasteiger partial charge is 0.410 e. The van der Waals surface area contributed by atoms with Crippen LogP contribution in [0.5, 0.6) is 5.75 Å². The highest BCUT2D eigenvalue weighted by molar-refractivity contribution is 14.1. The summed E-state index contributed by atoms with van der Waals surface area (Å²) in [6.07, 6.45) is 2.62. The van der Waals surface area contributed by atoms with E-state index in [1.807, 2.05) is 45.0 Å². The number of carbonyl (C=O) groups excluding carboxylic acids is 2. The Morgan fingerprint density at radius 3 is 2.63 bits per heavy atom. The summed E-state index contributed by atoms with van der Waals surface area (Å²) in [6, 6.07) is 7.57. The molecule has 1 heterocycles. The van der Waals surface area contributed by atoms with Gasteiger partial charge in [0.05, 0.1) is 0 Å². The fourth-order valence-corrected chi connectivity index (χ4v) is 3.30. The quantitative estimate of drug-likeness (QED) is 0.619. The summed E-state index contributed by atoms with van der Waals surface area (Å²) < 4.78 is 12.0. The number of carbonyl (C=O) groups is 2. The molecule has 2 amide bonds. The molecule has 6 nitrogen and oxygen atoms in total. The van der Waals surface area contributed by atoms with Crippen molar-refractivity contribution < 1.29 is 19.1 Å². The molecule has 2 rings (SSSR count). The van der Waals surface area contributed by atoms with Gasteiger partial charge in [0.15, 0.2) is 6.61 Å². The highest BCUT2D eigenvalue weighted by atomic mass is 127. The first-order chi connectivity index (χ1) is 12.7. The van der Waals surface area contributed by atoms with Gasteiger partial charge in [0.1, 0.15) is 11.4 Å². The molecule has 1 fully saturated rings. The van der Waals surface area contributed by atoms with Gasteiger partial charge in [-0.3, -0.25) is 4.79 Å². The average Bonchev–Trinajstić information content (AvgIpc) is 2.60. The van der Waals surface area contributed by atoms with Crippen LogP contribution in [0.1, 0.15) is 40.0 Å². The number of amides is 2. The van der Waals surface area contributed by atoms with E-state index in [-0.39, 0.29) is 18.6 Å². The van der Waals surface area contributed by atoms with Gasteiger partial charge in [-0.05, 0) is 92.8 Å². The van der Waals surface area contributed by atoms with Gasteiger partial charge in [0.25, 0.3) is 5.91 Å². The first kappa shape index (κ1) is 21.8. The SMILES string of the molecule is CC(C)(C)OC(=O)N1CCCC(CCNC(=O)COc2ccc(I)cc2)C1. The van der Waals surface area contributed by atoms with Crippen LogP contribution in [-0.2, 0) is 9.53 Å². The van der Waals surface area contributed by atoms with Crippen LogP contribution in [0.4, 0.5) is 4.79 Å². The third-order valence-corrected chi connectivity index (χ3v) is 4.95. The van der Waals surface area contributed by atoms with Crippen molar-refractivity contribution >= 4 is 34.6 Å². The largest absolute Gasteiger partial charge is 0.484 e. The molecular formula is C20H29IN2O4. The number of piperidine rings is 1. The Labute approximate surface area is 175 Å². The molecule has 0 radical (unpaired) electrons. The molecule has 0 spiro atoms. The Morgan fingerprint density at radius 2 is 1.96 bits per heavy atom. The second kappa shape index (κ2) is 10.1. The van der Waals surface area contributed by atoms with Crippen LogP contribution >= 0.6 is 22.6 Å². The minimum atomic E-state index is -0.477. The van der Waals surface area contributed by atoms with Crippen molar-refractivity contribution in [2.75, 3.05) is 26.2 Å². The van der Waals surface area contributed by atoms with E-state index in [1.165, 1.54) is 0 Å². The van der Waals surface area contributed by atoms with Gasteiger partial charge in [-0.25, -0.2) is 4.79 Å². The topological polar surface area (TPSA) is 67.9 Å². The molecule has 1 saturated heterocycles. The van der Waals surface area contributed by atoms with Crippen LogP contribution in [0, 0.1) is 9.49 Å². The van der Waals surface area contributed by atoms with Crippen LogP contribution in [0.15, 0.2) is 24.3 Å². The molecule has 0 aromatic heterocycles. The summed E-state index contributed by atoms with van der Waals surface area (Å²) >= 11 is 2.22. The molecule has 0 saturated carbocycles. The molecule has 1 N–H and O–H groups in total. The van der Waals surface area contributed by atoms with Gasteiger partial charge in [-0.1, -0.05) is 0 Å². The number of likely N-dealkylation sites (tertiary alicyclic amines) is 1.